The minimum Gasteiger partial charge on any atom is -0.497 e. The lowest BCUT2D eigenvalue weighted by Gasteiger charge is -2.13. The molecule has 1 aliphatic rings. The number of ether oxygens (including phenoxy) is 3. The second-order valence-electron chi connectivity index (χ2n) is 4.62. The van der Waals surface area contributed by atoms with Crippen LogP contribution in [0.2, 0.25) is 0 Å². The van der Waals surface area contributed by atoms with Gasteiger partial charge in [0, 0.05) is 23.9 Å². The third-order valence-electron chi connectivity index (χ3n) is 3.21. The first kappa shape index (κ1) is 15.1. The van der Waals surface area contributed by atoms with Crippen molar-refractivity contribution < 1.29 is 28.9 Å². The average molecular weight is 295 g/mol. The molecule has 1 amide bonds. The Kier molecular flexibility index (Phi) is 4.64. The highest BCUT2D eigenvalue weighted by atomic mass is 16.5. The first-order valence-corrected chi connectivity index (χ1v) is 6.45. The van der Waals surface area contributed by atoms with E-state index in [1.807, 2.05) is 0 Å². The predicted molar refractivity (Wildman–Crippen MR) is 73.7 cm³/mol. The zero-order valence-electron chi connectivity index (χ0n) is 11.8. The Balaban J connectivity index is 2.04. The molecule has 0 aliphatic carbocycles. The van der Waals surface area contributed by atoms with Crippen molar-refractivity contribution >= 4 is 17.6 Å². The third kappa shape index (κ3) is 3.63. The van der Waals surface area contributed by atoms with E-state index in [1.165, 1.54) is 14.2 Å². The van der Waals surface area contributed by atoms with Crippen LogP contribution < -0.4 is 14.8 Å². The lowest BCUT2D eigenvalue weighted by Crippen LogP contribution is -2.29. The molecule has 114 valence electrons. The van der Waals surface area contributed by atoms with Crippen molar-refractivity contribution in [2.24, 2.45) is 0 Å². The average Bonchev–Trinajstić information content (AvgIpc) is 2.97. The fraction of sp³-hybridized carbons (Fsp3) is 0.429. The molecule has 1 aromatic rings. The number of methoxy groups -OCH3 is 2. The molecule has 1 aromatic carbocycles. The molecule has 0 spiro atoms. The topological polar surface area (TPSA) is 94.1 Å². The van der Waals surface area contributed by atoms with Gasteiger partial charge in [0.15, 0.2) is 6.10 Å². The van der Waals surface area contributed by atoms with Crippen LogP contribution in [-0.2, 0) is 14.3 Å². The SMILES string of the molecule is COc1cc(NC(=O)[C@@H]2CC[C@H](C(=O)O)O2)cc(OC)c1. The monoisotopic (exact) mass is 295 g/mol. The molecular weight excluding hydrogens is 278 g/mol. The fourth-order valence-electron chi connectivity index (χ4n) is 2.11. The highest BCUT2D eigenvalue weighted by Gasteiger charge is 2.34. The van der Waals surface area contributed by atoms with Crippen LogP contribution in [0.1, 0.15) is 12.8 Å². The molecule has 1 fully saturated rings. The zero-order valence-corrected chi connectivity index (χ0v) is 11.8. The van der Waals surface area contributed by atoms with E-state index in [1.54, 1.807) is 18.2 Å². The van der Waals surface area contributed by atoms with Crippen LogP contribution in [0, 0.1) is 0 Å². The van der Waals surface area contributed by atoms with E-state index < -0.39 is 18.2 Å². The second-order valence-corrected chi connectivity index (χ2v) is 4.62. The first-order chi connectivity index (χ1) is 10.0. The standard InChI is InChI=1S/C14H17NO6/c1-19-9-5-8(6-10(7-9)20-2)15-13(16)11-3-4-12(21-11)14(17)18/h5-7,11-12H,3-4H2,1-2H3,(H,15,16)(H,17,18)/t11-,12+/m0/s1. The summed E-state index contributed by atoms with van der Waals surface area (Å²) in [6.45, 7) is 0. The van der Waals surface area contributed by atoms with Gasteiger partial charge in [-0.1, -0.05) is 0 Å². The largest absolute Gasteiger partial charge is 0.497 e. The van der Waals surface area contributed by atoms with Crippen LogP contribution in [-0.4, -0.2) is 43.4 Å². The summed E-state index contributed by atoms with van der Waals surface area (Å²) in [7, 11) is 3.02. The summed E-state index contributed by atoms with van der Waals surface area (Å²) in [5.41, 5.74) is 0.499. The quantitative estimate of drug-likeness (QED) is 0.849. The number of benzene rings is 1. The van der Waals surface area contributed by atoms with Crippen LogP contribution in [0.25, 0.3) is 0 Å². The van der Waals surface area contributed by atoms with E-state index in [2.05, 4.69) is 5.32 Å². The van der Waals surface area contributed by atoms with E-state index in [9.17, 15) is 9.59 Å². The molecule has 7 heteroatoms. The molecule has 7 nitrogen and oxygen atoms in total. The predicted octanol–water partition coefficient (Wildman–Crippen LogP) is 1.27. The van der Waals surface area contributed by atoms with Gasteiger partial charge in [-0.15, -0.1) is 0 Å². The summed E-state index contributed by atoms with van der Waals surface area (Å²) in [5, 5.41) is 11.5. The first-order valence-electron chi connectivity index (χ1n) is 6.45. The van der Waals surface area contributed by atoms with Crippen LogP contribution in [0.3, 0.4) is 0 Å². The minimum absolute atomic E-state index is 0.328. The van der Waals surface area contributed by atoms with Crippen molar-refractivity contribution in [3.05, 3.63) is 18.2 Å². The summed E-state index contributed by atoms with van der Waals surface area (Å²) >= 11 is 0. The van der Waals surface area contributed by atoms with Gasteiger partial charge in [0.1, 0.15) is 17.6 Å². The number of carbonyl (C=O) groups is 2. The fourth-order valence-corrected chi connectivity index (χ4v) is 2.11. The van der Waals surface area contributed by atoms with Crippen LogP contribution in [0.4, 0.5) is 5.69 Å². The normalized spacial score (nSPS) is 20.9. The molecular formula is C14H17NO6. The number of nitrogens with one attached hydrogen (secondary N) is 1. The molecule has 0 unspecified atom stereocenters. The Morgan fingerprint density at radius 2 is 1.71 bits per heavy atom. The van der Waals surface area contributed by atoms with Crippen molar-refractivity contribution in [2.45, 2.75) is 25.0 Å². The van der Waals surface area contributed by atoms with Gasteiger partial charge >= 0.3 is 5.97 Å². The maximum atomic E-state index is 12.1. The maximum Gasteiger partial charge on any atom is 0.332 e. The number of rotatable bonds is 5. The Bertz CT molecular complexity index is 522. The number of carboxylic acid groups (broad SMARTS) is 1. The Labute approximate surface area is 121 Å². The molecule has 21 heavy (non-hydrogen) atoms. The number of aliphatic carboxylic acids is 1. The summed E-state index contributed by atoms with van der Waals surface area (Å²) < 4.78 is 15.4. The number of hydrogen-bond acceptors (Lipinski definition) is 5. The smallest absolute Gasteiger partial charge is 0.332 e. The van der Waals surface area contributed by atoms with Crippen molar-refractivity contribution in [3.63, 3.8) is 0 Å². The number of amides is 1. The van der Waals surface area contributed by atoms with E-state index in [-0.39, 0.29) is 5.91 Å². The number of carbonyl (C=O) groups excluding carboxylic acids is 1. The second kappa shape index (κ2) is 6.45. The summed E-state index contributed by atoms with van der Waals surface area (Å²) in [4.78, 5) is 22.9. The van der Waals surface area contributed by atoms with Crippen LogP contribution >= 0.6 is 0 Å². The molecule has 0 aromatic heterocycles. The lowest BCUT2D eigenvalue weighted by atomic mass is 10.2. The van der Waals surface area contributed by atoms with Crippen LogP contribution in [0.5, 0.6) is 11.5 Å². The Hall–Kier alpha value is -2.28. The summed E-state index contributed by atoms with van der Waals surface area (Å²) in [5.74, 6) is -0.344. The lowest BCUT2D eigenvalue weighted by molar-refractivity contribution is -0.150. The molecule has 0 saturated carbocycles. The Morgan fingerprint density at radius 3 is 2.19 bits per heavy atom. The molecule has 0 radical (unpaired) electrons. The van der Waals surface area contributed by atoms with Gasteiger partial charge in [0.2, 0.25) is 0 Å². The third-order valence-corrected chi connectivity index (χ3v) is 3.21. The molecule has 1 saturated heterocycles. The van der Waals surface area contributed by atoms with E-state index in [0.717, 1.165) is 0 Å². The molecule has 2 N–H and O–H groups in total. The van der Waals surface area contributed by atoms with Gasteiger partial charge in [0.05, 0.1) is 14.2 Å². The van der Waals surface area contributed by atoms with Crippen molar-refractivity contribution in [1.82, 2.24) is 0 Å². The number of carboxylic acids is 1. The van der Waals surface area contributed by atoms with E-state index >= 15 is 0 Å². The van der Waals surface area contributed by atoms with E-state index in [4.69, 9.17) is 19.3 Å². The molecule has 2 atom stereocenters. The van der Waals surface area contributed by atoms with Gasteiger partial charge < -0.3 is 24.6 Å². The molecule has 2 rings (SSSR count). The van der Waals surface area contributed by atoms with Gasteiger partial charge in [-0.3, -0.25) is 4.79 Å². The summed E-state index contributed by atoms with van der Waals surface area (Å²) in [6.07, 6.45) is -0.970. The van der Waals surface area contributed by atoms with Crippen molar-refractivity contribution in [1.29, 1.82) is 0 Å². The van der Waals surface area contributed by atoms with Crippen molar-refractivity contribution in [3.8, 4) is 11.5 Å². The highest BCUT2D eigenvalue weighted by Crippen LogP contribution is 2.27. The number of anilines is 1. The molecule has 0 bridgehead atoms. The van der Waals surface area contributed by atoms with Gasteiger partial charge in [0.25, 0.3) is 5.91 Å². The van der Waals surface area contributed by atoms with Crippen LogP contribution in [0.15, 0.2) is 18.2 Å². The van der Waals surface area contributed by atoms with Gasteiger partial charge in [-0.2, -0.15) is 0 Å². The highest BCUT2D eigenvalue weighted by molar-refractivity contribution is 5.95. The molecule has 1 aliphatic heterocycles. The maximum absolute atomic E-state index is 12.1. The summed E-state index contributed by atoms with van der Waals surface area (Å²) in [6, 6.07) is 4.97. The van der Waals surface area contributed by atoms with Gasteiger partial charge in [-0.05, 0) is 12.8 Å². The van der Waals surface area contributed by atoms with E-state index in [0.29, 0.717) is 30.0 Å². The number of hydrogen-bond donors (Lipinski definition) is 2. The van der Waals surface area contributed by atoms with Gasteiger partial charge in [-0.25, -0.2) is 4.79 Å². The molecule has 1 heterocycles. The minimum atomic E-state index is -1.05. The Morgan fingerprint density at radius 1 is 1.14 bits per heavy atom. The zero-order chi connectivity index (χ0) is 15.4. The van der Waals surface area contributed by atoms with Crippen molar-refractivity contribution in [2.75, 3.05) is 19.5 Å².